The molecule has 21 heavy (non-hydrogen) atoms. The van der Waals surface area contributed by atoms with Gasteiger partial charge in [-0.25, -0.2) is 13.6 Å². The number of hydrogen-bond donors (Lipinski definition) is 1. The van der Waals surface area contributed by atoms with Gasteiger partial charge in [0.2, 0.25) is 10.0 Å². The lowest BCUT2D eigenvalue weighted by Gasteiger charge is -2.16. The summed E-state index contributed by atoms with van der Waals surface area (Å²) in [6.07, 6.45) is 1.38. The average molecular weight is 378 g/mol. The van der Waals surface area contributed by atoms with Gasteiger partial charge in [0, 0.05) is 4.47 Å². The van der Waals surface area contributed by atoms with E-state index in [2.05, 4.69) is 35.8 Å². The number of rotatable bonds is 8. The second kappa shape index (κ2) is 8.15. The van der Waals surface area contributed by atoms with Crippen LogP contribution in [0.2, 0.25) is 0 Å². The Hall–Kier alpha value is -0.590. The largest absolute Gasteiger partial charge is 0.493 e. The first-order valence-electron chi connectivity index (χ1n) is 7.11. The maximum atomic E-state index is 10.9. The van der Waals surface area contributed by atoms with Crippen LogP contribution in [0.25, 0.3) is 0 Å². The van der Waals surface area contributed by atoms with E-state index in [4.69, 9.17) is 9.88 Å². The molecular formula is C15H24BrNO3S. The third kappa shape index (κ3) is 7.29. The van der Waals surface area contributed by atoms with Gasteiger partial charge in [0.05, 0.1) is 12.4 Å². The van der Waals surface area contributed by atoms with Crippen LogP contribution in [-0.2, 0) is 10.0 Å². The highest BCUT2D eigenvalue weighted by atomic mass is 79.9. The minimum Gasteiger partial charge on any atom is -0.493 e. The Labute approximate surface area is 136 Å². The van der Waals surface area contributed by atoms with Gasteiger partial charge in [0.15, 0.2) is 0 Å². The summed E-state index contributed by atoms with van der Waals surface area (Å²) in [5, 5.41) is 5.01. The van der Waals surface area contributed by atoms with Crippen LogP contribution in [0, 0.1) is 5.92 Å². The number of benzene rings is 1. The molecule has 0 aliphatic rings. The Balaban J connectivity index is 2.49. The van der Waals surface area contributed by atoms with Gasteiger partial charge in [-0.05, 0) is 48.4 Å². The Bertz CT molecular complexity index is 558. The fourth-order valence-corrected chi connectivity index (χ4v) is 3.09. The summed E-state index contributed by atoms with van der Waals surface area (Å²) in [5.74, 6) is 1.58. The van der Waals surface area contributed by atoms with Crippen molar-refractivity contribution in [2.45, 2.75) is 39.5 Å². The van der Waals surface area contributed by atoms with Gasteiger partial charge in [-0.2, -0.15) is 0 Å². The summed E-state index contributed by atoms with van der Waals surface area (Å²) in [6, 6.07) is 6.00. The van der Waals surface area contributed by atoms with Gasteiger partial charge < -0.3 is 4.74 Å². The van der Waals surface area contributed by atoms with Crippen LogP contribution in [0.4, 0.5) is 0 Å². The summed E-state index contributed by atoms with van der Waals surface area (Å²) in [4.78, 5) is 0. The molecule has 6 heteroatoms. The predicted octanol–water partition coefficient (Wildman–Crippen LogP) is 3.66. The topological polar surface area (TPSA) is 69.4 Å². The van der Waals surface area contributed by atoms with Crippen molar-refractivity contribution in [1.29, 1.82) is 0 Å². The van der Waals surface area contributed by atoms with Gasteiger partial charge >= 0.3 is 0 Å². The minimum absolute atomic E-state index is 0.0314. The summed E-state index contributed by atoms with van der Waals surface area (Å²) < 4.78 is 28.7. The molecule has 0 aromatic heterocycles. The highest BCUT2D eigenvalue weighted by Gasteiger charge is 2.11. The van der Waals surface area contributed by atoms with Crippen LogP contribution in [0.5, 0.6) is 5.75 Å². The zero-order valence-corrected chi connectivity index (χ0v) is 15.2. The van der Waals surface area contributed by atoms with Gasteiger partial charge in [-0.1, -0.05) is 36.7 Å². The number of sulfonamides is 1. The second-order valence-corrected chi connectivity index (χ2v) is 8.38. The molecule has 0 aliphatic heterocycles. The molecule has 0 saturated carbocycles. The van der Waals surface area contributed by atoms with E-state index in [0.29, 0.717) is 18.9 Å². The van der Waals surface area contributed by atoms with Gasteiger partial charge in [-0.15, -0.1) is 0 Å². The number of nitrogens with two attached hydrogens (primary N) is 1. The van der Waals surface area contributed by atoms with E-state index in [1.807, 2.05) is 19.1 Å². The molecule has 0 bridgehead atoms. The highest BCUT2D eigenvalue weighted by molar-refractivity contribution is 9.10. The Morgan fingerprint density at radius 2 is 1.90 bits per heavy atom. The molecule has 0 spiro atoms. The highest BCUT2D eigenvalue weighted by Crippen LogP contribution is 2.29. The third-order valence-electron chi connectivity index (χ3n) is 3.36. The van der Waals surface area contributed by atoms with Crippen molar-refractivity contribution in [1.82, 2.24) is 0 Å². The summed E-state index contributed by atoms with van der Waals surface area (Å²) in [6.45, 7) is 6.85. The zero-order chi connectivity index (χ0) is 16.0. The molecular weight excluding hydrogens is 354 g/mol. The molecule has 0 fully saturated rings. The van der Waals surface area contributed by atoms with E-state index < -0.39 is 10.0 Å². The molecule has 1 atom stereocenters. The van der Waals surface area contributed by atoms with Crippen molar-refractivity contribution in [2.75, 3.05) is 12.4 Å². The first-order chi connectivity index (χ1) is 9.69. The molecule has 120 valence electrons. The molecule has 1 rings (SSSR count). The van der Waals surface area contributed by atoms with E-state index in [9.17, 15) is 8.42 Å². The van der Waals surface area contributed by atoms with Crippen LogP contribution in [-0.4, -0.2) is 20.8 Å². The summed E-state index contributed by atoms with van der Waals surface area (Å²) in [7, 11) is -3.37. The fraction of sp³-hybridized carbons (Fsp3) is 0.600. The molecule has 4 nitrogen and oxygen atoms in total. The molecule has 0 saturated heterocycles. The lowest BCUT2D eigenvalue weighted by molar-refractivity contribution is 0.278. The van der Waals surface area contributed by atoms with Crippen molar-refractivity contribution >= 4 is 26.0 Å². The van der Waals surface area contributed by atoms with Gasteiger partial charge in [0.25, 0.3) is 0 Å². The molecule has 0 radical (unpaired) electrons. The maximum Gasteiger partial charge on any atom is 0.209 e. The van der Waals surface area contributed by atoms with Crippen LogP contribution in [0.15, 0.2) is 22.7 Å². The number of halogens is 1. The van der Waals surface area contributed by atoms with Crippen molar-refractivity contribution in [3.05, 3.63) is 28.2 Å². The summed E-state index contributed by atoms with van der Waals surface area (Å²) >= 11 is 3.47. The average Bonchev–Trinajstić information content (AvgIpc) is 2.37. The second-order valence-electron chi connectivity index (χ2n) is 5.73. The smallest absolute Gasteiger partial charge is 0.209 e. The minimum atomic E-state index is -3.37. The van der Waals surface area contributed by atoms with E-state index in [1.54, 1.807) is 0 Å². The van der Waals surface area contributed by atoms with Crippen molar-refractivity contribution in [2.24, 2.45) is 11.1 Å². The van der Waals surface area contributed by atoms with Gasteiger partial charge in [0.1, 0.15) is 5.75 Å². The Morgan fingerprint density at radius 3 is 2.48 bits per heavy atom. The maximum absolute atomic E-state index is 10.9. The first kappa shape index (κ1) is 18.5. The molecule has 2 N–H and O–H groups in total. The Kier molecular flexibility index (Phi) is 7.16. The SMILES string of the molecule is CC(CCOc1ccc(Br)cc1C(C)C)CCS(N)(=O)=O. The quantitative estimate of drug-likeness (QED) is 0.751. The molecule has 1 aromatic rings. The van der Waals surface area contributed by atoms with E-state index >= 15 is 0 Å². The van der Waals surface area contributed by atoms with Crippen LogP contribution in [0.3, 0.4) is 0 Å². The van der Waals surface area contributed by atoms with Crippen LogP contribution < -0.4 is 9.88 Å². The number of primary sulfonamides is 1. The van der Waals surface area contributed by atoms with E-state index in [0.717, 1.165) is 16.6 Å². The fourth-order valence-electron chi connectivity index (χ4n) is 1.98. The summed E-state index contributed by atoms with van der Waals surface area (Å²) in [5.41, 5.74) is 1.17. The number of ether oxygens (including phenoxy) is 1. The van der Waals surface area contributed by atoms with Crippen molar-refractivity contribution < 1.29 is 13.2 Å². The standard InChI is InChI=1S/C15H24BrNO3S/c1-11(2)14-10-13(16)4-5-15(14)20-8-6-12(3)7-9-21(17,18)19/h4-5,10-12H,6-9H2,1-3H3,(H2,17,18,19). The third-order valence-corrected chi connectivity index (χ3v) is 4.66. The monoisotopic (exact) mass is 377 g/mol. The lowest BCUT2D eigenvalue weighted by atomic mass is 10.0. The molecule has 0 amide bonds. The lowest BCUT2D eigenvalue weighted by Crippen LogP contribution is -2.18. The molecule has 0 aliphatic carbocycles. The number of hydrogen-bond acceptors (Lipinski definition) is 3. The van der Waals surface area contributed by atoms with Crippen molar-refractivity contribution in [3.63, 3.8) is 0 Å². The Morgan fingerprint density at radius 1 is 1.24 bits per heavy atom. The first-order valence-corrected chi connectivity index (χ1v) is 9.62. The van der Waals surface area contributed by atoms with Crippen LogP contribution >= 0.6 is 15.9 Å². The predicted molar refractivity (Wildman–Crippen MR) is 90.1 cm³/mol. The van der Waals surface area contributed by atoms with Gasteiger partial charge in [-0.3, -0.25) is 0 Å². The molecule has 1 unspecified atom stereocenters. The molecule has 1 aromatic carbocycles. The normalized spacial score (nSPS) is 13.4. The molecule has 0 heterocycles. The van der Waals surface area contributed by atoms with Crippen LogP contribution in [0.1, 0.15) is 45.1 Å². The van der Waals surface area contributed by atoms with Crippen molar-refractivity contribution in [3.8, 4) is 5.75 Å². The van der Waals surface area contributed by atoms with E-state index in [-0.39, 0.29) is 11.7 Å². The van der Waals surface area contributed by atoms with E-state index in [1.165, 1.54) is 5.56 Å². The zero-order valence-electron chi connectivity index (χ0n) is 12.8.